The van der Waals surface area contributed by atoms with Gasteiger partial charge in [0, 0.05) is 32.0 Å². The quantitative estimate of drug-likeness (QED) is 0.601. The summed E-state index contributed by atoms with van der Waals surface area (Å²) in [6.45, 7) is 4.67. The minimum absolute atomic E-state index is 0.0355. The van der Waals surface area contributed by atoms with Gasteiger partial charge in [0.05, 0.1) is 23.5 Å². The number of carboxylic acids is 1. The van der Waals surface area contributed by atoms with Gasteiger partial charge < -0.3 is 14.7 Å². The third-order valence-corrected chi connectivity index (χ3v) is 5.55. The number of hydrogen-bond donors (Lipinski definition) is 1. The van der Waals surface area contributed by atoms with Gasteiger partial charge in [-0.1, -0.05) is 0 Å². The molecule has 2 aliphatic rings. The Labute approximate surface area is 149 Å². The Morgan fingerprint density at radius 1 is 1.46 bits per heavy atom. The van der Waals surface area contributed by atoms with Crippen molar-refractivity contribution < 1.29 is 24.4 Å². The lowest BCUT2D eigenvalue weighted by Crippen LogP contribution is -2.45. The second-order valence-electron chi connectivity index (χ2n) is 7.01. The number of hydrogen-bond acceptors (Lipinski definition) is 6. The van der Waals surface area contributed by atoms with Gasteiger partial charge in [0.2, 0.25) is 5.91 Å². The number of nitrogens with zero attached hydrogens (tertiary/aromatic N) is 4. The van der Waals surface area contributed by atoms with Crippen LogP contribution in [0.5, 0.6) is 0 Å². The third kappa shape index (κ3) is 2.94. The monoisotopic (exact) mass is 366 g/mol. The molecule has 2 atom stereocenters. The number of likely N-dealkylation sites (tertiary alicyclic amines) is 1. The molecule has 1 N–H and O–H groups in total. The minimum Gasteiger partial charge on any atom is -0.481 e. The van der Waals surface area contributed by atoms with E-state index >= 15 is 0 Å². The summed E-state index contributed by atoms with van der Waals surface area (Å²) < 4.78 is 6.85. The molecule has 3 heterocycles. The first-order chi connectivity index (χ1) is 12.3. The number of carbonyl (C=O) groups excluding carboxylic acids is 1. The number of aliphatic carboxylic acids is 1. The second-order valence-corrected chi connectivity index (χ2v) is 7.01. The zero-order valence-electron chi connectivity index (χ0n) is 14.8. The highest BCUT2D eigenvalue weighted by atomic mass is 16.6. The number of carboxylic acid groups (broad SMARTS) is 1. The topological polar surface area (TPSA) is 128 Å². The van der Waals surface area contributed by atoms with Gasteiger partial charge in [0.25, 0.3) is 0 Å². The molecule has 1 aromatic heterocycles. The molecule has 142 valence electrons. The van der Waals surface area contributed by atoms with Gasteiger partial charge in [-0.05, 0) is 20.3 Å². The molecule has 0 aromatic carbocycles. The third-order valence-electron chi connectivity index (χ3n) is 5.55. The first-order valence-corrected chi connectivity index (χ1v) is 8.53. The Bertz CT molecular complexity index is 760. The Morgan fingerprint density at radius 3 is 2.77 bits per heavy atom. The Kier molecular flexibility index (Phi) is 4.70. The van der Waals surface area contributed by atoms with Gasteiger partial charge in [0.1, 0.15) is 11.4 Å². The number of aromatic nitrogens is 2. The lowest BCUT2D eigenvalue weighted by atomic mass is 9.74. The molecule has 1 amide bonds. The van der Waals surface area contributed by atoms with Crippen molar-refractivity contribution in [3.63, 3.8) is 0 Å². The summed E-state index contributed by atoms with van der Waals surface area (Å²) in [4.78, 5) is 36.5. The van der Waals surface area contributed by atoms with E-state index < -0.39 is 16.3 Å². The van der Waals surface area contributed by atoms with E-state index in [9.17, 15) is 24.8 Å². The summed E-state index contributed by atoms with van der Waals surface area (Å²) in [6, 6.07) is 0. The largest absolute Gasteiger partial charge is 0.481 e. The molecule has 1 aromatic rings. The van der Waals surface area contributed by atoms with E-state index in [2.05, 4.69) is 5.10 Å². The molecule has 10 heteroatoms. The highest BCUT2D eigenvalue weighted by molar-refractivity contribution is 5.81. The van der Waals surface area contributed by atoms with Crippen LogP contribution in [0.3, 0.4) is 0 Å². The molecule has 3 rings (SSSR count). The highest BCUT2D eigenvalue weighted by Gasteiger charge is 2.54. The van der Waals surface area contributed by atoms with Crippen LogP contribution in [-0.2, 0) is 20.9 Å². The SMILES string of the molecule is Cc1nn(CCC(=O)N2C[C@H]3COCC[C@@]3(C(=O)O)C2)c(C)c1[N+](=O)[O-]. The number of fused-ring (bicyclic) bond motifs is 1. The van der Waals surface area contributed by atoms with Gasteiger partial charge in [-0.15, -0.1) is 0 Å². The number of aryl methyl sites for hydroxylation is 2. The van der Waals surface area contributed by atoms with Crippen molar-refractivity contribution in [2.24, 2.45) is 11.3 Å². The van der Waals surface area contributed by atoms with Gasteiger partial charge in [0.15, 0.2) is 0 Å². The number of nitro groups is 1. The molecular formula is C16H22N4O6. The summed E-state index contributed by atoms with van der Waals surface area (Å²) >= 11 is 0. The maximum Gasteiger partial charge on any atom is 0.312 e. The van der Waals surface area contributed by atoms with Crippen LogP contribution in [0, 0.1) is 35.3 Å². The fraction of sp³-hybridized carbons (Fsp3) is 0.688. The van der Waals surface area contributed by atoms with Crippen molar-refractivity contribution in [2.75, 3.05) is 26.3 Å². The highest BCUT2D eigenvalue weighted by Crippen LogP contribution is 2.42. The van der Waals surface area contributed by atoms with Crippen LogP contribution < -0.4 is 0 Å². The first-order valence-electron chi connectivity index (χ1n) is 8.53. The molecule has 2 fully saturated rings. The fourth-order valence-electron chi connectivity index (χ4n) is 4.02. The molecule has 0 bridgehead atoms. The van der Waals surface area contributed by atoms with Crippen molar-refractivity contribution >= 4 is 17.6 Å². The van der Waals surface area contributed by atoms with Crippen molar-refractivity contribution in [3.8, 4) is 0 Å². The normalized spacial score (nSPS) is 25.2. The Hall–Kier alpha value is -2.49. The summed E-state index contributed by atoms with van der Waals surface area (Å²) in [5.41, 5.74) is -0.239. The van der Waals surface area contributed by atoms with Crippen LogP contribution >= 0.6 is 0 Å². The van der Waals surface area contributed by atoms with Crippen LogP contribution in [0.1, 0.15) is 24.2 Å². The van der Waals surface area contributed by atoms with Crippen LogP contribution in [0.15, 0.2) is 0 Å². The maximum atomic E-state index is 12.6. The predicted octanol–water partition coefficient (Wildman–Crippen LogP) is 0.748. The smallest absolute Gasteiger partial charge is 0.312 e. The molecule has 0 saturated carbocycles. The van der Waals surface area contributed by atoms with Crippen molar-refractivity contribution in [1.82, 2.24) is 14.7 Å². The van der Waals surface area contributed by atoms with E-state index in [4.69, 9.17) is 4.74 Å². The molecule has 2 saturated heterocycles. The molecule has 26 heavy (non-hydrogen) atoms. The van der Waals surface area contributed by atoms with Gasteiger partial charge in [-0.25, -0.2) is 0 Å². The standard InChI is InChI=1S/C16H22N4O6/c1-10-14(20(24)25)11(2)19(17-10)5-3-13(21)18-7-12-8-26-6-4-16(12,9-18)15(22)23/h12H,3-9H2,1-2H3,(H,22,23)/t12-,16+/m0/s1. The van der Waals surface area contributed by atoms with Crippen molar-refractivity contribution in [1.29, 1.82) is 0 Å². The number of carbonyl (C=O) groups is 2. The molecule has 0 radical (unpaired) electrons. The van der Waals surface area contributed by atoms with E-state index in [1.165, 1.54) is 4.68 Å². The fourth-order valence-corrected chi connectivity index (χ4v) is 4.02. The minimum atomic E-state index is -0.926. The van der Waals surface area contributed by atoms with Gasteiger partial charge >= 0.3 is 11.7 Å². The Balaban J connectivity index is 1.67. The van der Waals surface area contributed by atoms with Crippen LogP contribution in [-0.4, -0.2) is 62.9 Å². The lowest BCUT2D eigenvalue weighted by molar-refractivity contribution is -0.386. The van der Waals surface area contributed by atoms with E-state index in [1.807, 2.05) is 0 Å². The number of rotatable bonds is 5. The van der Waals surface area contributed by atoms with E-state index in [0.29, 0.717) is 37.6 Å². The molecule has 2 aliphatic heterocycles. The summed E-state index contributed by atoms with van der Waals surface area (Å²) in [7, 11) is 0. The lowest BCUT2D eigenvalue weighted by Gasteiger charge is -2.33. The van der Waals surface area contributed by atoms with Crippen LogP contribution in [0.25, 0.3) is 0 Å². The van der Waals surface area contributed by atoms with Crippen molar-refractivity contribution in [3.05, 3.63) is 21.5 Å². The van der Waals surface area contributed by atoms with E-state index in [0.717, 1.165) is 0 Å². The molecule has 10 nitrogen and oxygen atoms in total. The summed E-state index contributed by atoms with van der Waals surface area (Å²) in [5.74, 6) is -1.25. The van der Waals surface area contributed by atoms with Gasteiger partial charge in [-0.3, -0.25) is 24.4 Å². The van der Waals surface area contributed by atoms with Crippen LogP contribution in [0.4, 0.5) is 5.69 Å². The molecule has 0 spiro atoms. The first kappa shape index (κ1) is 18.3. The molecular weight excluding hydrogens is 344 g/mol. The predicted molar refractivity (Wildman–Crippen MR) is 88.5 cm³/mol. The van der Waals surface area contributed by atoms with Gasteiger partial charge in [-0.2, -0.15) is 5.10 Å². The molecule has 0 aliphatic carbocycles. The van der Waals surface area contributed by atoms with E-state index in [-0.39, 0.29) is 37.0 Å². The average Bonchev–Trinajstić information content (AvgIpc) is 3.11. The van der Waals surface area contributed by atoms with E-state index in [1.54, 1.807) is 18.7 Å². The zero-order chi connectivity index (χ0) is 19.1. The van der Waals surface area contributed by atoms with Crippen LogP contribution in [0.2, 0.25) is 0 Å². The zero-order valence-corrected chi connectivity index (χ0v) is 14.8. The summed E-state index contributed by atoms with van der Waals surface area (Å²) in [6.07, 6.45) is 0.517. The number of amides is 1. The number of ether oxygens (including phenoxy) is 1. The van der Waals surface area contributed by atoms with Crippen molar-refractivity contribution in [2.45, 2.75) is 33.2 Å². The maximum absolute atomic E-state index is 12.6. The second kappa shape index (κ2) is 6.67. The molecule has 0 unspecified atom stereocenters. The average molecular weight is 366 g/mol. The Morgan fingerprint density at radius 2 is 2.19 bits per heavy atom. The summed E-state index contributed by atoms with van der Waals surface area (Å²) in [5, 5.41) is 24.8.